The molecule has 4 nitrogen and oxygen atoms in total. The summed E-state index contributed by atoms with van der Waals surface area (Å²) >= 11 is 17.6. The number of hydrogen-bond acceptors (Lipinski definition) is 3. The fraction of sp³-hybridized carbons (Fsp3) is 0.133. The molecular weight excluding hydrogens is 349 g/mol. The van der Waals surface area contributed by atoms with Crippen molar-refractivity contribution in [2.75, 3.05) is 11.9 Å². The molecule has 2 aromatic rings. The van der Waals surface area contributed by atoms with Gasteiger partial charge < -0.3 is 15.2 Å². The number of ether oxygens (including phenoxy) is 1. The largest absolute Gasteiger partial charge is 0.503 e. The van der Waals surface area contributed by atoms with Gasteiger partial charge in [-0.15, -0.1) is 0 Å². The fourth-order valence-electron chi connectivity index (χ4n) is 1.75. The molecule has 0 saturated heterocycles. The Morgan fingerprint density at radius 3 is 2.50 bits per heavy atom. The molecule has 0 fully saturated rings. The summed E-state index contributed by atoms with van der Waals surface area (Å²) in [4.78, 5) is 12.2. The lowest BCUT2D eigenvalue weighted by atomic mass is 10.1. The van der Waals surface area contributed by atoms with Crippen LogP contribution in [-0.2, 0) is 0 Å². The van der Waals surface area contributed by atoms with E-state index in [1.807, 2.05) is 0 Å². The molecule has 7 heteroatoms. The second-order valence-corrected chi connectivity index (χ2v) is 5.54. The first kappa shape index (κ1) is 16.7. The number of carbonyl (C=O) groups is 1. The van der Waals surface area contributed by atoms with Gasteiger partial charge in [-0.05, 0) is 37.3 Å². The zero-order chi connectivity index (χ0) is 16.3. The molecule has 22 heavy (non-hydrogen) atoms. The number of carbonyl (C=O) groups excluding carboxylic acids is 1. The Balaban J connectivity index is 2.27. The number of hydrogen-bond donors (Lipinski definition) is 2. The van der Waals surface area contributed by atoms with Gasteiger partial charge in [0.05, 0.1) is 21.7 Å². The number of phenols is 1. The highest BCUT2D eigenvalue weighted by atomic mass is 35.5. The number of amides is 1. The van der Waals surface area contributed by atoms with Crippen LogP contribution in [0.2, 0.25) is 15.1 Å². The van der Waals surface area contributed by atoms with Gasteiger partial charge in [-0.2, -0.15) is 0 Å². The summed E-state index contributed by atoms with van der Waals surface area (Å²) in [5.74, 6) is -0.467. The third kappa shape index (κ3) is 3.77. The molecule has 2 aromatic carbocycles. The maximum atomic E-state index is 12.2. The van der Waals surface area contributed by atoms with Gasteiger partial charge in [-0.25, -0.2) is 0 Å². The molecule has 0 bridgehead atoms. The first-order valence-corrected chi connectivity index (χ1v) is 7.47. The predicted molar refractivity (Wildman–Crippen MR) is 88.7 cm³/mol. The van der Waals surface area contributed by atoms with Crippen molar-refractivity contribution >= 4 is 46.4 Å². The smallest absolute Gasteiger partial charge is 0.255 e. The van der Waals surface area contributed by atoms with Crippen LogP contribution >= 0.6 is 34.8 Å². The molecule has 0 aliphatic heterocycles. The van der Waals surface area contributed by atoms with Crippen molar-refractivity contribution in [3.63, 3.8) is 0 Å². The van der Waals surface area contributed by atoms with E-state index in [-0.39, 0.29) is 22.1 Å². The van der Waals surface area contributed by atoms with Gasteiger partial charge in [-0.3, -0.25) is 4.79 Å². The van der Waals surface area contributed by atoms with Gasteiger partial charge in [0.25, 0.3) is 5.91 Å². The van der Waals surface area contributed by atoms with Crippen molar-refractivity contribution in [1.29, 1.82) is 0 Å². The number of halogens is 3. The topological polar surface area (TPSA) is 58.6 Å². The number of rotatable bonds is 4. The van der Waals surface area contributed by atoms with E-state index >= 15 is 0 Å². The first-order valence-electron chi connectivity index (χ1n) is 6.34. The van der Waals surface area contributed by atoms with Crippen molar-refractivity contribution in [2.24, 2.45) is 0 Å². The van der Waals surface area contributed by atoms with Crippen LogP contribution < -0.4 is 10.1 Å². The Labute approximate surface area is 142 Å². The standard InChI is InChI=1S/C15H12Cl3NO3/c1-2-22-13-6-8(5-12(18)14(13)20)15(21)19-9-3-4-10(16)11(17)7-9/h3-7,20H,2H2,1H3,(H,19,21). The highest BCUT2D eigenvalue weighted by Gasteiger charge is 2.15. The summed E-state index contributed by atoms with van der Waals surface area (Å²) in [5.41, 5.74) is 0.735. The van der Waals surface area contributed by atoms with Gasteiger partial charge in [-0.1, -0.05) is 34.8 Å². The van der Waals surface area contributed by atoms with Crippen molar-refractivity contribution in [3.05, 3.63) is 51.0 Å². The van der Waals surface area contributed by atoms with Crippen LogP contribution in [0.25, 0.3) is 0 Å². The van der Waals surface area contributed by atoms with E-state index in [0.29, 0.717) is 22.3 Å². The molecule has 2 rings (SSSR count). The predicted octanol–water partition coefficient (Wildman–Crippen LogP) is 5.00. The van der Waals surface area contributed by atoms with E-state index in [2.05, 4.69) is 5.32 Å². The van der Waals surface area contributed by atoms with E-state index in [4.69, 9.17) is 39.5 Å². The molecule has 116 valence electrons. The highest BCUT2D eigenvalue weighted by Crippen LogP contribution is 2.35. The Morgan fingerprint density at radius 1 is 1.14 bits per heavy atom. The quantitative estimate of drug-likeness (QED) is 0.806. The summed E-state index contributed by atoms with van der Waals surface area (Å²) < 4.78 is 5.24. The minimum Gasteiger partial charge on any atom is -0.503 e. The zero-order valence-corrected chi connectivity index (χ0v) is 13.8. The van der Waals surface area contributed by atoms with Crippen molar-refractivity contribution in [3.8, 4) is 11.5 Å². The second-order valence-electron chi connectivity index (χ2n) is 4.32. The van der Waals surface area contributed by atoms with Gasteiger partial charge in [0.15, 0.2) is 11.5 Å². The minimum absolute atomic E-state index is 0.0326. The lowest BCUT2D eigenvalue weighted by Crippen LogP contribution is -2.12. The van der Waals surface area contributed by atoms with Crippen LogP contribution in [-0.4, -0.2) is 17.6 Å². The van der Waals surface area contributed by atoms with Gasteiger partial charge in [0, 0.05) is 11.3 Å². The SMILES string of the molecule is CCOc1cc(C(=O)Nc2ccc(Cl)c(Cl)c2)cc(Cl)c1O. The summed E-state index contributed by atoms with van der Waals surface area (Å²) in [6.07, 6.45) is 0. The Morgan fingerprint density at radius 2 is 1.86 bits per heavy atom. The molecule has 0 aliphatic rings. The summed E-state index contributed by atoms with van der Waals surface area (Å²) in [7, 11) is 0. The maximum absolute atomic E-state index is 12.2. The van der Waals surface area contributed by atoms with Crippen molar-refractivity contribution in [1.82, 2.24) is 0 Å². The van der Waals surface area contributed by atoms with E-state index in [9.17, 15) is 9.90 Å². The monoisotopic (exact) mass is 359 g/mol. The lowest BCUT2D eigenvalue weighted by molar-refractivity contribution is 0.102. The molecule has 0 unspecified atom stereocenters. The second kappa shape index (κ2) is 7.09. The van der Waals surface area contributed by atoms with E-state index in [0.717, 1.165) is 0 Å². The van der Waals surface area contributed by atoms with Crippen LogP contribution in [0, 0.1) is 0 Å². The molecular formula is C15H12Cl3NO3. The molecule has 2 N–H and O–H groups in total. The molecule has 0 saturated carbocycles. The normalized spacial score (nSPS) is 10.4. The number of aromatic hydroxyl groups is 1. The number of benzene rings is 2. The molecule has 0 radical (unpaired) electrons. The third-order valence-corrected chi connectivity index (χ3v) is 3.80. The zero-order valence-electron chi connectivity index (χ0n) is 11.5. The van der Waals surface area contributed by atoms with Gasteiger partial charge in [0.1, 0.15) is 0 Å². The van der Waals surface area contributed by atoms with E-state index in [1.54, 1.807) is 19.1 Å². The Hall–Kier alpha value is -1.62. The molecule has 0 aromatic heterocycles. The average molecular weight is 361 g/mol. The van der Waals surface area contributed by atoms with Crippen molar-refractivity contribution in [2.45, 2.75) is 6.92 Å². The van der Waals surface area contributed by atoms with Crippen LogP contribution in [0.3, 0.4) is 0 Å². The third-order valence-electron chi connectivity index (χ3n) is 2.77. The molecule has 0 atom stereocenters. The number of phenolic OH excluding ortho intramolecular Hbond substituents is 1. The van der Waals surface area contributed by atoms with Gasteiger partial charge in [0.2, 0.25) is 0 Å². The molecule has 0 aliphatic carbocycles. The molecule has 1 amide bonds. The van der Waals surface area contributed by atoms with Crippen LogP contribution in [0.1, 0.15) is 17.3 Å². The van der Waals surface area contributed by atoms with Crippen molar-refractivity contribution < 1.29 is 14.6 Å². The minimum atomic E-state index is -0.416. The van der Waals surface area contributed by atoms with Gasteiger partial charge >= 0.3 is 0 Å². The molecule has 0 spiro atoms. The summed E-state index contributed by atoms with van der Waals surface area (Å²) in [6, 6.07) is 7.50. The van der Waals surface area contributed by atoms with E-state index in [1.165, 1.54) is 18.2 Å². The van der Waals surface area contributed by atoms with Crippen LogP contribution in [0.5, 0.6) is 11.5 Å². The molecule has 0 heterocycles. The number of nitrogens with one attached hydrogen (secondary N) is 1. The van der Waals surface area contributed by atoms with Crippen LogP contribution in [0.4, 0.5) is 5.69 Å². The lowest BCUT2D eigenvalue weighted by Gasteiger charge is -2.11. The summed E-state index contributed by atoms with van der Waals surface area (Å²) in [5, 5.41) is 13.2. The number of anilines is 1. The van der Waals surface area contributed by atoms with Crippen LogP contribution in [0.15, 0.2) is 30.3 Å². The maximum Gasteiger partial charge on any atom is 0.255 e. The highest BCUT2D eigenvalue weighted by molar-refractivity contribution is 6.42. The van der Waals surface area contributed by atoms with E-state index < -0.39 is 5.91 Å². The first-order chi connectivity index (χ1) is 10.4. The Bertz CT molecular complexity index is 719. The Kier molecular flexibility index (Phi) is 5.40. The average Bonchev–Trinajstić information content (AvgIpc) is 2.47. The summed E-state index contributed by atoms with van der Waals surface area (Å²) in [6.45, 7) is 2.09. The fourth-order valence-corrected chi connectivity index (χ4v) is 2.26.